The topological polar surface area (TPSA) is 0 Å². The monoisotopic (exact) mass is 402 g/mol. The van der Waals surface area contributed by atoms with Gasteiger partial charge in [-0.15, -0.1) is 0 Å². The number of aryl methyl sites for hydroxylation is 2. The van der Waals surface area contributed by atoms with E-state index in [1.54, 1.807) is 0 Å². The Hall–Kier alpha value is -3.12. The van der Waals surface area contributed by atoms with Crippen molar-refractivity contribution < 1.29 is 0 Å². The third kappa shape index (κ3) is 3.95. The maximum Gasteiger partial charge on any atom is -0.00130 e. The lowest BCUT2D eigenvalue weighted by molar-refractivity contribution is 0.922. The van der Waals surface area contributed by atoms with Crippen LogP contribution in [-0.2, 0) is 19.3 Å². The van der Waals surface area contributed by atoms with Crippen molar-refractivity contribution in [3.05, 3.63) is 107 Å². The van der Waals surface area contributed by atoms with Crippen molar-refractivity contribution in [2.24, 2.45) is 0 Å². The maximum atomic E-state index is 2.40. The lowest BCUT2D eigenvalue weighted by Gasteiger charge is -2.08. The molecule has 0 heterocycles. The molecule has 0 atom stereocenters. The van der Waals surface area contributed by atoms with E-state index in [0.29, 0.717) is 0 Å². The fourth-order valence-electron chi connectivity index (χ4n) is 4.96. The lowest BCUT2D eigenvalue weighted by Crippen LogP contribution is -1.87. The summed E-state index contributed by atoms with van der Waals surface area (Å²) >= 11 is 0. The molecule has 5 rings (SSSR count). The minimum Gasteiger partial charge on any atom is -0.0651 e. The van der Waals surface area contributed by atoms with E-state index in [1.807, 2.05) is 0 Å². The van der Waals surface area contributed by atoms with Crippen molar-refractivity contribution in [2.45, 2.75) is 46.0 Å². The summed E-state index contributed by atoms with van der Waals surface area (Å²) in [5.41, 5.74) is 13.9. The molecule has 31 heavy (non-hydrogen) atoms. The van der Waals surface area contributed by atoms with Crippen LogP contribution in [-0.4, -0.2) is 0 Å². The summed E-state index contributed by atoms with van der Waals surface area (Å²) in [6.45, 7) is 4.49. The highest BCUT2D eigenvalue weighted by Gasteiger charge is 2.19. The minimum atomic E-state index is 1.02. The van der Waals surface area contributed by atoms with Gasteiger partial charge in [-0.1, -0.05) is 112 Å². The summed E-state index contributed by atoms with van der Waals surface area (Å²) in [6, 6.07) is 32.1. The van der Waals surface area contributed by atoms with Gasteiger partial charge in [0.25, 0.3) is 0 Å². The zero-order valence-corrected chi connectivity index (χ0v) is 18.6. The Labute approximate surface area is 186 Å². The van der Waals surface area contributed by atoms with Crippen LogP contribution in [0.5, 0.6) is 0 Å². The Morgan fingerprint density at radius 2 is 0.968 bits per heavy atom. The first-order chi connectivity index (χ1) is 15.2. The normalized spacial score (nSPS) is 11.9. The Balaban J connectivity index is 1.46. The number of hydrogen-bond donors (Lipinski definition) is 0. The highest BCUT2D eigenvalue weighted by Crippen LogP contribution is 2.40. The fourth-order valence-corrected chi connectivity index (χ4v) is 4.96. The average molecular weight is 403 g/mol. The van der Waals surface area contributed by atoms with Crippen LogP contribution in [0.4, 0.5) is 0 Å². The van der Waals surface area contributed by atoms with Gasteiger partial charge in [0.15, 0.2) is 0 Å². The molecule has 4 aromatic rings. The quantitative estimate of drug-likeness (QED) is 0.267. The summed E-state index contributed by atoms with van der Waals surface area (Å²) in [6.07, 6.45) is 5.69. The SMILES string of the molecule is CCCc1cccc(-c2ccc3c(c2)Cc2cc(-c4cccc(CCC)c4)ccc2-3)c1. The molecule has 1 aliphatic rings. The van der Waals surface area contributed by atoms with Gasteiger partial charge in [0.2, 0.25) is 0 Å². The number of benzene rings is 4. The molecule has 0 N–H and O–H groups in total. The molecule has 0 saturated carbocycles. The lowest BCUT2D eigenvalue weighted by atomic mass is 9.96. The molecule has 0 aromatic heterocycles. The first-order valence-electron chi connectivity index (χ1n) is 11.7. The van der Waals surface area contributed by atoms with Crippen molar-refractivity contribution in [3.63, 3.8) is 0 Å². The highest BCUT2D eigenvalue weighted by molar-refractivity contribution is 5.82. The van der Waals surface area contributed by atoms with E-state index < -0.39 is 0 Å². The van der Waals surface area contributed by atoms with Gasteiger partial charge in [-0.25, -0.2) is 0 Å². The first kappa shape index (κ1) is 19.8. The third-order valence-electron chi connectivity index (χ3n) is 6.48. The zero-order chi connectivity index (χ0) is 21.2. The van der Waals surface area contributed by atoms with E-state index in [4.69, 9.17) is 0 Å². The first-order valence-corrected chi connectivity index (χ1v) is 11.7. The summed E-state index contributed by atoms with van der Waals surface area (Å²) in [5, 5.41) is 0. The summed E-state index contributed by atoms with van der Waals surface area (Å²) in [5.74, 6) is 0. The fraction of sp³-hybridized carbons (Fsp3) is 0.226. The van der Waals surface area contributed by atoms with E-state index in [0.717, 1.165) is 19.3 Å². The summed E-state index contributed by atoms with van der Waals surface area (Å²) < 4.78 is 0. The molecule has 154 valence electrons. The van der Waals surface area contributed by atoms with Crippen molar-refractivity contribution in [2.75, 3.05) is 0 Å². The molecule has 0 radical (unpaired) electrons. The van der Waals surface area contributed by atoms with Crippen LogP contribution in [0.2, 0.25) is 0 Å². The average Bonchev–Trinajstić information content (AvgIpc) is 3.17. The molecule has 0 heteroatoms. The van der Waals surface area contributed by atoms with E-state index in [9.17, 15) is 0 Å². The Morgan fingerprint density at radius 3 is 1.42 bits per heavy atom. The second kappa shape index (κ2) is 8.55. The molecular formula is C31H30. The standard InChI is InChI=1S/C31H30/c1-3-7-22-9-5-11-24(17-22)26-13-15-30-28(19-26)21-29-20-27(14-16-31(29)30)25-12-6-10-23(18-25)8-4-2/h5-6,9-20H,3-4,7-8,21H2,1-2H3. The Kier molecular flexibility index (Phi) is 5.47. The molecule has 0 amide bonds. The van der Waals surface area contributed by atoms with Crippen LogP contribution in [0.25, 0.3) is 33.4 Å². The summed E-state index contributed by atoms with van der Waals surface area (Å²) in [7, 11) is 0. The van der Waals surface area contributed by atoms with Gasteiger partial charge in [-0.3, -0.25) is 0 Å². The third-order valence-corrected chi connectivity index (χ3v) is 6.48. The van der Waals surface area contributed by atoms with Crippen LogP contribution < -0.4 is 0 Å². The van der Waals surface area contributed by atoms with Crippen molar-refractivity contribution in [1.29, 1.82) is 0 Å². The minimum absolute atomic E-state index is 1.02. The number of fused-ring (bicyclic) bond motifs is 3. The molecule has 0 fully saturated rings. The van der Waals surface area contributed by atoms with Crippen LogP contribution in [0.1, 0.15) is 48.9 Å². The molecule has 1 aliphatic carbocycles. The molecule has 0 saturated heterocycles. The second-order valence-corrected chi connectivity index (χ2v) is 8.82. The van der Waals surface area contributed by atoms with Crippen molar-refractivity contribution in [3.8, 4) is 33.4 Å². The van der Waals surface area contributed by atoms with E-state index in [2.05, 4.69) is 98.8 Å². The largest absolute Gasteiger partial charge is 0.0651 e. The van der Waals surface area contributed by atoms with Gasteiger partial charge in [-0.2, -0.15) is 0 Å². The van der Waals surface area contributed by atoms with Crippen LogP contribution in [0.15, 0.2) is 84.9 Å². The smallest absolute Gasteiger partial charge is 0.00130 e. The molecule has 0 nitrogen and oxygen atoms in total. The molecule has 0 spiro atoms. The van der Waals surface area contributed by atoms with Gasteiger partial charge in [0.05, 0.1) is 0 Å². The predicted molar refractivity (Wildman–Crippen MR) is 134 cm³/mol. The molecule has 4 aromatic carbocycles. The van der Waals surface area contributed by atoms with Gasteiger partial charge in [0, 0.05) is 0 Å². The Bertz CT molecular complexity index is 1130. The number of hydrogen-bond acceptors (Lipinski definition) is 0. The van der Waals surface area contributed by atoms with Gasteiger partial charge < -0.3 is 0 Å². The molecule has 0 aliphatic heterocycles. The highest BCUT2D eigenvalue weighted by atomic mass is 14.2. The second-order valence-electron chi connectivity index (χ2n) is 8.82. The Morgan fingerprint density at radius 1 is 0.516 bits per heavy atom. The van der Waals surface area contributed by atoms with Gasteiger partial charge in [0.1, 0.15) is 0 Å². The van der Waals surface area contributed by atoms with E-state index in [-0.39, 0.29) is 0 Å². The van der Waals surface area contributed by atoms with Crippen molar-refractivity contribution >= 4 is 0 Å². The van der Waals surface area contributed by atoms with Crippen molar-refractivity contribution in [1.82, 2.24) is 0 Å². The van der Waals surface area contributed by atoms with Gasteiger partial charge in [-0.05, 0) is 74.9 Å². The number of rotatable bonds is 6. The van der Waals surface area contributed by atoms with Crippen LogP contribution >= 0.6 is 0 Å². The maximum absolute atomic E-state index is 2.40. The molecule has 0 bridgehead atoms. The molecule has 0 unspecified atom stereocenters. The van der Waals surface area contributed by atoms with E-state index >= 15 is 0 Å². The van der Waals surface area contributed by atoms with E-state index in [1.165, 1.54) is 68.5 Å². The van der Waals surface area contributed by atoms with Crippen LogP contribution in [0, 0.1) is 0 Å². The van der Waals surface area contributed by atoms with Crippen LogP contribution in [0.3, 0.4) is 0 Å². The molecular weight excluding hydrogens is 372 g/mol. The summed E-state index contributed by atoms with van der Waals surface area (Å²) in [4.78, 5) is 0. The van der Waals surface area contributed by atoms with Gasteiger partial charge >= 0.3 is 0 Å². The predicted octanol–water partition coefficient (Wildman–Crippen LogP) is 8.50. The zero-order valence-electron chi connectivity index (χ0n) is 18.6.